The van der Waals surface area contributed by atoms with Crippen molar-refractivity contribution in [3.63, 3.8) is 0 Å². The number of primary amides is 1. The summed E-state index contributed by atoms with van der Waals surface area (Å²) in [4.78, 5) is 10.7. The van der Waals surface area contributed by atoms with Crippen LogP contribution in [-0.4, -0.2) is 21.3 Å². The molecule has 0 aromatic heterocycles. The third-order valence-electron chi connectivity index (χ3n) is 2.79. The molecule has 4 heteroatoms. The maximum Gasteiger partial charge on any atom is 0.404 e. The van der Waals surface area contributed by atoms with E-state index in [9.17, 15) is 4.79 Å². The van der Waals surface area contributed by atoms with Crippen molar-refractivity contribution in [2.75, 3.05) is 0 Å². The minimum Gasteiger partial charge on any atom is -0.451 e. The van der Waals surface area contributed by atoms with Crippen LogP contribution < -0.4 is 5.73 Å². The number of carbonyl (C=O) groups is 1. The molecule has 0 aliphatic rings. The second kappa shape index (κ2) is 11.0. The molecule has 2 N–H and O–H groups in total. The highest BCUT2D eigenvalue weighted by Gasteiger charge is 2.11. The molecule has 0 bridgehead atoms. The third kappa shape index (κ3) is 10.0. The van der Waals surface area contributed by atoms with Gasteiger partial charge in [0.25, 0.3) is 0 Å². The quantitative estimate of drug-likeness (QED) is 0.475. The average Bonchev–Trinajstić information content (AvgIpc) is 2.24. The zero-order valence-corrected chi connectivity index (χ0v) is 12.2. The lowest BCUT2D eigenvalue weighted by molar-refractivity contribution is 0.136. The Balaban J connectivity index is 3.60. The molecule has 3 nitrogen and oxygen atoms in total. The normalized spacial score (nSPS) is 13.1. The van der Waals surface area contributed by atoms with Crippen LogP contribution in [0.15, 0.2) is 0 Å². The van der Waals surface area contributed by atoms with Gasteiger partial charge in [-0.2, -0.15) is 0 Å². The van der Waals surface area contributed by atoms with Crippen molar-refractivity contribution in [3.05, 3.63) is 0 Å². The number of amides is 1. The number of rotatable bonds is 10. The monoisotopic (exact) mass is 245 g/mol. The molecule has 0 rings (SSSR count). The first-order valence-corrected chi connectivity index (χ1v) is 8.48. The standard InChI is InChI=1S/C12H27NO2Si/c1-3-5-6-7-8-9-11(15-12(13)14)16-10-4-2/h11H,3-10,16H2,1-2H3,(H2,13,14). The topological polar surface area (TPSA) is 52.3 Å². The summed E-state index contributed by atoms with van der Waals surface area (Å²) in [5, 5.41) is 0. The van der Waals surface area contributed by atoms with Gasteiger partial charge in [-0.05, 0) is 6.42 Å². The third-order valence-corrected chi connectivity index (χ3v) is 5.13. The molecule has 1 unspecified atom stereocenters. The van der Waals surface area contributed by atoms with Crippen LogP contribution in [0.4, 0.5) is 4.79 Å². The molecule has 16 heavy (non-hydrogen) atoms. The zero-order chi connectivity index (χ0) is 12.2. The van der Waals surface area contributed by atoms with Crippen molar-refractivity contribution < 1.29 is 9.53 Å². The van der Waals surface area contributed by atoms with Gasteiger partial charge in [0.2, 0.25) is 0 Å². The Morgan fingerprint density at radius 1 is 1.19 bits per heavy atom. The Labute approximate surface area is 102 Å². The smallest absolute Gasteiger partial charge is 0.404 e. The van der Waals surface area contributed by atoms with Gasteiger partial charge in [0.15, 0.2) is 0 Å². The van der Waals surface area contributed by atoms with E-state index in [0.29, 0.717) is 0 Å². The molecule has 96 valence electrons. The Hall–Kier alpha value is -0.513. The van der Waals surface area contributed by atoms with Crippen molar-refractivity contribution in [2.24, 2.45) is 5.73 Å². The van der Waals surface area contributed by atoms with E-state index in [4.69, 9.17) is 10.5 Å². The van der Waals surface area contributed by atoms with Crippen LogP contribution in [0.5, 0.6) is 0 Å². The largest absolute Gasteiger partial charge is 0.451 e. The van der Waals surface area contributed by atoms with Crippen LogP contribution in [0.25, 0.3) is 0 Å². The fourth-order valence-corrected chi connectivity index (χ4v) is 3.56. The van der Waals surface area contributed by atoms with Gasteiger partial charge in [0, 0.05) is 0 Å². The van der Waals surface area contributed by atoms with Crippen LogP contribution >= 0.6 is 0 Å². The van der Waals surface area contributed by atoms with Crippen molar-refractivity contribution in [2.45, 2.75) is 70.6 Å². The maximum atomic E-state index is 10.7. The summed E-state index contributed by atoms with van der Waals surface area (Å²) in [5.74, 6) is 0. The van der Waals surface area contributed by atoms with E-state index in [1.165, 1.54) is 44.6 Å². The van der Waals surface area contributed by atoms with Crippen LogP contribution in [0.2, 0.25) is 6.04 Å². The fraction of sp³-hybridized carbons (Fsp3) is 0.917. The van der Waals surface area contributed by atoms with Gasteiger partial charge in [-0.15, -0.1) is 0 Å². The van der Waals surface area contributed by atoms with Gasteiger partial charge in [-0.25, -0.2) is 4.79 Å². The van der Waals surface area contributed by atoms with Crippen molar-refractivity contribution in [3.8, 4) is 0 Å². The molecule has 0 radical (unpaired) electrons. The Morgan fingerprint density at radius 3 is 2.44 bits per heavy atom. The van der Waals surface area contributed by atoms with Gasteiger partial charge in [-0.3, -0.25) is 0 Å². The summed E-state index contributed by atoms with van der Waals surface area (Å²) >= 11 is 0. The molecule has 0 heterocycles. The molecule has 0 aliphatic carbocycles. The first kappa shape index (κ1) is 15.5. The zero-order valence-electron chi connectivity index (χ0n) is 10.8. The first-order valence-electron chi connectivity index (χ1n) is 6.66. The van der Waals surface area contributed by atoms with Crippen molar-refractivity contribution >= 4 is 15.6 Å². The number of ether oxygens (including phenoxy) is 1. The fourth-order valence-electron chi connectivity index (χ4n) is 1.83. The van der Waals surface area contributed by atoms with Crippen LogP contribution in [-0.2, 0) is 4.74 Å². The highest BCUT2D eigenvalue weighted by molar-refractivity contribution is 6.37. The molecule has 1 amide bonds. The number of nitrogens with two attached hydrogens (primary N) is 1. The van der Waals surface area contributed by atoms with Gasteiger partial charge in [0.05, 0.1) is 15.2 Å². The molecule has 0 aromatic rings. The molecule has 0 aromatic carbocycles. The van der Waals surface area contributed by atoms with E-state index in [1.54, 1.807) is 0 Å². The van der Waals surface area contributed by atoms with Gasteiger partial charge >= 0.3 is 6.09 Å². The number of unbranched alkanes of at least 4 members (excludes halogenated alkanes) is 4. The Kier molecular flexibility index (Phi) is 10.6. The Morgan fingerprint density at radius 2 is 1.88 bits per heavy atom. The van der Waals surface area contributed by atoms with E-state index in [0.717, 1.165) is 6.42 Å². The summed E-state index contributed by atoms with van der Waals surface area (Å²) in [6.45, 7) is 4.39. The number of hydrogen-bond donors (Lipinski definition) is 1. The molecular formula is C12H27NO2Si. The van der Waals surface area contributed by atoms with E-state index in [-0.39, 0.29) is 15.2 Å². The van der Waals surface area contributed by atoms with E-state index < -0.39 is 6.09 Å². The lowest BCUT2D eigenvalue weighted by Crippen LogP contribution is -2.27. The Bertz CT molecular complexity index is 176. The summed E-state index contributed by atoms with van der Waals surface area (Å²) in [6.07, 6.45) is 7.94. The van der Waals surface area contributed by atoms with Crippen molar-refractivity contribution in [1.82, 2.24) is 0 Å². The summed E-state index contributed by atoms with van der Waals surface area (Å²) in [7, 11) is -0.280. The highest BCUT2D eigenvalue weighted by atomic mass is 28.2. The molecule has 0 aliphatic heterocycles. The van der Waals surface area contributed by atoms with Gasteiger partial charge in [-0.1, -0.05) is 58.4 Å². The average molecular weight is 245 g/mol. The predicted octanol–water partition coefficient (Wildman–Crippen LogP) is 2.77. The minimum absolute atomic E-state index is 0.180. The molecule has 0 fully saturated rings. The molecule has 0 saturated carbocycles. The second-order valence-electron chi connectivity index (χ2n) is 4.40. The summed E-state index contributed by atoms with van der Waals surface area (Å²) in [6, 6.07) is 1.24. The molecule has 0 saturated heterocycles. The minimum atomic E-state index is -0.595. The van der Waals surface area contributed by atoms with Crippen LogP contribution in [0.1, 0.15) is 58.8 Å². The number of hydrogen-bond acceptors (Lipinski definition) is 2. The van der Waals surface area contributed by atoms with Crippen LogP contribution in [0, 0.1) is 0 Å². The number of carbonyl (C=O) groups excluding carboxylic acids is 1. The first-order chi connectivity index (χ1) is 7.70. The van der Waals surface area contributed by atoms with Gasteiger partial charge in [0.1, 0.15) is 0 Å². The van der Waals surface area contributed by atoms with Gasteiger partial charge < -0.3 is 10.5 Å². The molecule has 0 spiro atoms. The molecule has 1 atom stereocenters. The second-order valence-corrected chi connectivity index (χ2v) is 6.60. The highest BCUT2D eigenvalue weighted by Crippen LogP contribution is 2.10. The lowest BCUT2D eigenvalue weighted by atomic mass is 10.1. The van der Waals surface area contributed by atoms with Crippen molar-refractivity contribution in [1.29, 1.82) is 0 Å². The van der Waals surface area contributed by atoms with E-state index in [1.807, 2.05) is 0 Å². The van der Waals surface area contributed by atoms with E-state index >= 15 is 0 Å². The van der Waals surface area contributed by atoms with E-state index in [2.05, 4.69) is 13.8 Å². The molecular weight excluding hydrogens is 218 g/mol. The summed E-state index contributed by atoms with van der Waals surface area (Å²) in [5.41, 5.74) is 5.26. The lowest BCUT2D eigenvalue weighted by Gasteiger charge is -2.15. The van der Waals surface area contributed by atoms with Crippen LogP contribution in [0.3, 0.4) is 0 Å². The predicted molar refractivity (Wildman–Crippen MR) is 71.5 cm³/mol. The summed E-state index contributed by atoms with van der Waals surface area (Å²) < 4.78 is 5.16. The maximum absolute atomic E-state index is 10.7. The SMILES string of the molecule is CCCCCCCC(OC(N)=O)[SiH2]CCC.